The van der Waals surface area contributed by atoms with E-state index < -0.39 is 142 Å². The SMILES string of the molecule is C.C.C.C.C.C.C.C.C.CC(=O)[O-].CC(C)C[C@H](NC(=O)OC(C)(C)C)C(=O)O.COC(=O)[C@H](CCC(C)=O)NC(=O)OC(C)(C)C.COC(=O)[C@H](C[C@@H]1CCCCC1=O)NC(=O)[C@@H](C)CC(C)C.COC(=O)[C@H](C[C@@H]1CCCNC1=O)NC(=O)OC(C)(C)C.COC(=O)[C@H](C[C@H](CCCN)C(C)=O)NC(=O)OC(C)(C)C.[C-]#[N+]CC[C@@H](C[C@H](NC(=O)OC(C)(C)C)C(=O)OC)C(C)=O.[K+]. The Morgan fingerprint density at radius 2 is 0.748 bits per heavy atom. The van der Waals surface area contributed by atoms with Gasteiger partial charge in [0.05, 0.1) is 35.5 Å². The second-order valence-electron chi connectivity index (χ2n) is 35.6. The topological polar surface area (TPSA) is 557 Å². The molecule has 2 rings (SSSR count). The predicted octanol–water partition coefficient (Wildman–Crippen LogP) is 11.7. The zero-order valence-electron chi connectivity index (χ0n) is 80.5. The molecule has 1 heterocycles. The molecular weight excluding hydrogens is 1790 g/mol. The number of methoxy groups -OCH3 is 5. The summed E-state index contributed by atoms with van der Waals surface area (Å²) in [7, 11) is 6.21. The van der Waals surface area contributed by atoms with Gasteiger partial charge in [-0.05, 0) is 233 Å². The van der Waals surface area contributed by atoms with Gasteiger partial charge in [0.2, 0.25) is 18.4 Å². The standard InChI is InChI=1S/C17H29NO4.C15H24N2O5.C15H28N2O5.C14H24N2O5.C12H21NO5.C11H21NO4.C2H4O2.9CH4.K/c1-11(2)9-12(3)16(20)18-14(17(21)22-4)10-13-7-5-6-8-15(13)19;1-10(18)11(7-8-16-5)9-12(13(19)21-6)17-14(20)22-15(2,3)4;1-10(18)11(7-6-8-16)9-12(13(19)21-5)17-14(20)22-15(2,3)4;1-14(2,3)21-13(19)16-10(12(18)20-4)8-9-6-5-7-15-11(9)17;1-8(14)6-7-9(10(15)17-5)13-11(16)18-12(2,3)4;1-7(2)6-8(9(13)14)12-10(15)16-11(3,4)5;1-2(3)4;;;;;;;;;;/h11-14H,5-10H2,1-4H3,(H,18,20);11-12H,7-9H2,1-4,6H3,(H,17,20);11-12H,6-9,16H2,1-5H3,(H,17,20);9-10H,5-8H2,1-4H3,(H,15,17)(H,16,19);9H,6-7H2,1-5H3,(H,13,16);7-8H,6H2,1-5H3,(H,12,15)(H,13,14);1H3,(H,3,4);9*1H4;/q;;;;;;;;;;;;;;;;+1/p-1/t12-,13-,14-;2*11-,12-;9-,10-;9-;8-;;;;;;;;;;;/m000000.........../s1. The first kappa shape index (κ1) is 160. The number of carbonyl (C=O) groups excluding carboxylic acids is 17. The molecule has 0 unspecified atom stereocenters. The number of amides is 7. The first-order valence-corrected chi connectivity index (χ1v) is 41.7. The number of nitrogens with two attached hydrogens (primary N) is 1. The number of carboxylic acid groups (broad SMARTS) is 2. The molecule has 792 valence electrons. The molecule has 0 radical (unpaired) electrons. The smallest absolute Gasteiger partial charge is 0.550 e. The number of nitrogens with one attached hydrogen (secondary N) is 7. The van der Waals surface area contributed by atoms with Gasteiger partial charge in [0, 0.05) is 61.4 Å². The molecule has 0 aromatic carbocycles. The third kappa shape index (κ3) is 90.3. The molecule has 7 amide bonds. The fourth-order valence-corrected chi connectivity index (χ4v) is 11.3. The molecule has 135 heavy (non-hydrogen) atoms. The molecule has 0 aromatic rings. The van der Waals surface area contributed by atoms with Crippen LogP contribution >= 0.6 is 0 Å². The van der Waals surface area contributed by atoms with Crippen LogP contribution in [0.5, 0.6) is 0 Å². The summed E-state index contributed by atoms with van der Waals surface area (Å²) >= 11 is 0. The Kier molecular flexibility index (Phi) is 99.0. The fourth-order valence-electron chi connectivity index (χ4n) is 11.3. The summed E-state index contributed by atoms with van der Waals surface area (Å²) < 4.78 is 48.7. The Balaban J connectivity index is -0.0000000964. The number of carboxylic acids is 2. The van der Waals surface area contributed by atoms with Crippen LogP contribution in [-0.4, -0.2) is 232 Å². The van der Waals surface area contributed by atoms with Crippen LogP contribution in [0.15, 0.2) is 0 Å². The molecule has 0 aromatic heterocycles. The quantitative estimate of drug-likeness (QED) is 0.0123. The van der Waals surface area contributed by atoms with Crippen molar-refractivity contribution in [2.45, 2.75) is 406 Å². The van der Waals surface area contributed by atoms with Gasteiger partial charge < -0.3 is 115 Å². The van der Waals surface area contributed by atoms with E-state index in [0.717, 1.165) is 39.0 Å². The van der Waals surface area contributed by atoms with E-state index in [0.29, 0.717) is 64.0 Å². The van der Waals surface area contributed by atoms with Gasteiger partial charge in [-0.25, -0.2) is 59.3 Å². The Hall–Kier alpha value is -8.65. The Morgan fingerprint density at radius 1 is 0.444 bits per heavy atom. The molecule has 1 aliphatic heterocycles. The number of hydrogen-bond donors (Lipinski definition) is 9. The minimum Gasteiger partial charge on any atom is -0.550 e. The summed E-state index contributed by atoms with van der Waals surface area (Å²) in [6.45, 7) is 48.9. The van der Waals surface area contributed by atoms with Crippen LogP contribution in [0.3, 0.4) is 0 Å². The average Bonchev–Trinajstić information content (AvgIpc) is 0.874. The van der Waals surface area contributed by atoms with E-state index in [1.807, 2.05) is 20.8 Å². The number of nitrogens with zero attached hydrogens (tertiary/aromatic N) is 1. The van der Waals surface area contributed by atoms with Gasteiger partial charge in [-0.1, -0.05) is 108 Å². The first-order chi connectivity index (χ1) is 57.3. The molecule has 10 N–H and O–H groups in total. The van der Waals surface area contributed by atoms with Crippen molar-refractivity contribution in [1.29, 1.82) is 0 Å². The van der Waals surface area contributed by atoms with Crippen LogP contribution in [0.25, 0.3) is 4.85 Å². The van der Waals surface area contributed by atoms with Gasteiger partial charge in [-0.3, -0.25) is 24.0 Å². The molecule has 0 bridgehead atoms. The summed E-state index contributed by atoms with van der Waals surface area (Å²) in [5, 5.41) is 35.4. The molecule has 11 atom stereocenters. The van der Waals surface area contributed by atoms with Crippen LogP contribution in [0, 0.1) is 48.0 Å². The predicted molar refractivity (Wildman–Crippen MR) is 519 cm³/mol. The van der Waals surface area contributed by atoms with E-state index in [1.54, 1.807) is 104 Å². The Morgan fingerprint density at radius 3 is 1.04 bits per heavy atom. The van der Waals surface area contributed by atoms with Crippen LogP contribution < -0.4 is 99.4 Å². The van der Waals surface area contributed by atoms with Crippen LogP contribution in [0.4, 0.5) is 24.0 Å². The molecule has 2 aliphatic rings. The number of aliphatic carboxylic acids is 2. The van der Waals surface area contributed by atoms with E-state index in [2.05, 4.69) is 74.9 Å². The second-order valence-corrected chi connectivity index (χ2v) is 35.6. The van der Waals surface area contributed by atoms with Crippen molar-refractivity contribution in [2.24, 2.45) is 47.2 Å². The van der Waals surface area contributed by atoms with E-state index in [9.17, 15) is 81.5 Å². The number of hydrogen-bond acceptors (Lipinski definition) is 30. The number of ether oxygens (including phenoxy) is 10. The molecule has 0 spiro atoms. The zero-order chi connectivity index (χ0) is 98.3. The Labute approximate surface area is 853 Å². The molecule has 40 heteroatoms. The summed E-state index contributed by atoms with van der Waals surface area (Å²) in [6, 6.07) is -5.28. The fraction of sp³-hybridized carbons (Fsp3) is 0.800. The third-order valence-electron chi connectivity index (χ3n) is 16.9. The zero-order valence-corrected chi connectivity index (χ0v) is 83.6. The molecule has 1 saturated carbocycles. The monoisotopic (exact) mass is 1970 g/mol. The number of alkyl carbamates (subject to hydrolysis) is 5. The second kappa shape index (κ2) is 83.5. The summed E-state index contributed by atoms with van der Waals surface area (Å²) in [5.41, 5.74) is 2.15. The van der Waals surface area contributed by atoms with Gasteiger partial charge >= 0.3 is 118 Å². The summed E-state index contributed by atoms with van der Waals surface area (Å²) in [5.74, 6) is -6.17. The number of Topliss-reactive ketones (excluding diaryl/α,β-unsaturated/α-hetero) is 4. The van der Waals surface area contributed by atoms with Crippen molar-refractivity contribution >= 4 is 107 Å². The van der Waals surface area contributed by atoms with Crippen LogP contribution in [-0.2, 0) is 110 Å². The molecule has 1 saturated heterocycles. The number of esters is 5. The maximum atomic E-state index is 12.2. The molecular formula is C95H186KN9O30. The van der Waals surface area contributed by atoms with Gasteiger partial charge in [0.25, 0.3) is 0 Å². The molecule has 2 fully saturated rings. The van der Waals surface area contributed by atoms with Crippen molar-refractivity contribution in [3.05, 3.63) is 11.4 Å². The van der Waals surface area contributed by atoms with Gasteiger partial charge in [-0.15, -0.1) is 0 Å². The maximum Gasteiger partial charge on any atom is 1.00 e. The van der Waals surface area contributed by atoms with Crippen molar-refractivity contribution < 1.29 is 195 Å². The maximum absolute atomic E-state index is 12.2. The third-order valence-corrected chi connectivity index (χ3v) is 16.9. The minimum atomic E-state index is -1.08. The molecule has 39 nitrogen and oxygen atoms in total. The largest absolute Gasteiger partial charge is 1.00 e. The normalized spacial score (nSPS) is 14.5. The van der Waals surface area contributed by atoms with Crippen molar-refractivity contribution in [3.8, 4) is 0 Å². The number of piperidine rings is 1. The van der Waals surface area contributed by atoms with E-state index in [4.69, 9.17) is 55.7 Å². The Bertz CT molecular complexity index is 3440. The average molecular weight is 1970 g/mol. The molecule has 1 aliphatic carbocycles. The van der Waals surface area contributed by atoms with Crippen LogP contribution in [0.1, 0.15) is 342 Å². The van der Waals surface area contributed by atoms with Gasteiger partial charge in [-0.2, -0.15) is 0 Å². The van der Waals surface area contributed by atoms with Gasteiger partial charge in [0.1, 0.15) is 87.4 Å². The van der Waals surface area contributed by atoms with Crippen LogP contribution in [0.2, 0.25) is 0 Å². The van der Waals surface area contributed by atoms with Gasteiger partial charge in [0.15, 0.2) is 0 Å². The first-order valence-electron chi connectivity index (χ1n) is 41.7. The number of rotatable bonds is 35. The van der Waals surface area contributed by atoms with Crippen molar-refractivity contribution in [3.63, 3.8) is 0 Å². The minimum absolute atomic E-state index is 0. The van der Waals surface area contributed by atoms with E-state index in [-0.39, 0.29) is 221 Å². The van der Waals surface area contributed by atoms with Crippen molar-refractivity contribution in [1.82, 2.24) is 37.2 Å². The summed E-state index contributed by atoms with van der Waals surface area (Å²) in [4.78, 5) is 210. The van der Waals surface area contributed by atoms with E-state index in [1.165, 1.54) is 56.3 Å². The number of carbonyl (C=O) groups is 18. The number of ketones is 4. The van der Waals surface area contributed by atoms with E-state index >= 15 is 0 Å². The van der Waals surface area contributed by atoms with Crippen molar-refractivity contribution in [2.75, 3.05) is 55.2 Å². The summed E-state index contributed by atoms with van der Waals surface area (Å²) in [6.07, 6.45) is 5.19.